The lowest BCUT2D eigenvalue weighted by Crippen LogP contribution is -2.47. The topological polar surface area (TPSA) is 132 Å². The molecular formula is C32H41N3O6. The molecule has 1 aromatic carbocycles. The minimum Gasteiger partial charge on any atom is -0.461 e. The number of amides is 2. The number of pyridine rings is 1. The average Bonchev–Trinajstić information content (AvgIpc) is 2.93. The Balaban J connectivity index is 1.70. The molecule has 1 aliphatic heterocycles. The van der Waals surface area contributed by atoms with Gasteiger partial charge in [-0.2, -0.15) is 0 Å². The first-order valence-electron chi connectivity index (χ1n) is 14.3. The molecule has 0 radical (unpaired) electrons. The van der Waals surface area contributed by atoms with E-state index in [0.717, 1.165) is 11.3 Å². The second kappa shape index (κ2) is 15.2. The van der Waals surface area contributed by atoms with E-state index in [1.165, 1.54) is 0 Å². The molecular weight excluding hydrogens is 522 g/mol. The number of fused-ring (bicyclic) bond motifs is 2. The fraction of sp³-hybridized carbons (Fsp3) is 0.500. The number of hydrogen-bond donors (Lipinski definition) is 2. The van der Waals surface area contributed by atoms with Crippen LogP contribution in [0.4, 0.5) is 0 Å². The fourth-order valence-electron chi connectivity index (χ4n) is 4.88. The first-order valence-corrected chi connectivity index (χ1v) is 14.3. The maximum atomic E-state index is 13.6. The SMILES string of the molecule is CC(C)CC(NC(=O)C(CC(=O)OCc1ccccc1)C(C)C)C(=O)CC1Cc2cccc(n2)CCNC(=O)C1=O. The number of benzene rings is 1. The number of nitrogens with one attached hydrogen (secondary N) is 2. The van der Waals surface area contributed by atoms with E-state index in [4.69, 9.17) is 4.74 Å². The summed E-state index contributed by atoms with van der Waals surface area (Å²) in [6, 6.07) is 13.9. The summed E-state index contributed by atoms with van der Waals surface area (Å²) in [5.41, 5.74) is 2.29. The van der Waals surface area contributed by atoms with Gasteiger partial charge in [-0.3, -0.25) is 29.0 Å². The van der Waals surface area contributed by atoms with Crippen molar-refractivity contribution < 1.29 is 28.7 Å². The molecule has 2 aromatic rings. The highest BCUT2D eigenvalue weighted by atomic mass is 16.5. The van der Waals surface area contributed by atoms with Crippen molar-refractivity contribution in [2.24, 2.45) is 23.7 Å². The highest BCUT2D eigenvalue weighted by molar-refractivity contribution is 6.37. The molecule has 2 amide bonds. The summed E-state index contributed by atoms with van der Waals surface area (Å²) in [4.78, 5) is 69.7. The van der Waals surface area contributed by atoms with Gasteiger partial charge in [0.15, 0.2) is 5.78 Å². The second-order valence-electron chi connectivity index (χ2n) is 11.5. The Morgan fingerprint density at radius 1 is 1.00 bits per heavy atom. The molecule has 0 spiro atoms. The Morgan fingerprint density at radius 2 is 1.71 bits per heavy atom. The molecule has 3 rings (SSSR count). The average molecular weight is 564 g/mol. The fourth-order valence-corrected chi connectivity index (χ4v) is 4.88. The maximum Gasteiger partial charge on any atom is 0.306 e. The smallest absolute Gasteiger partial charge is 0.306 e. The number of Topliss-reactive ketones (excluding diaryl/α,β-unsaturated/α-hetero) is 2. The number of rotatable bonds is 12. The first kappa shape index (κ1) is 31.6. The maximum absolute atomic E-state index is 13.6. The normalized spacial score (nSPS) is 17.0. The minimum absolute atomic E-state index is 0.0685. The number of nitrogens with zero attached hydrogens (tertiary/aromatic N) is 1. The standard InChI is InChI=1S/C32H41N3O6/c1-20(2)15-27(35-31(39)26(21(3)4)18-29(37)41-19-22-9-6-5-7-10-22)28(36)17-23-16-25-12-8-11-24(34-25)13-14-33-32(40)30(23)38/h5-12,20-21,23,26-27H,13-19H2,1-4H3,(H,33,40)(H,35,39). The summed E-state index contributed by atoms with van der Waals surface area (Å²) in [6.45, 7) is 7.94. The Kier molecular flexibility index (Phi) is 11.7. The van der Waals surface area contributed by atoms with Gasteiger partial charge in [0, 0.05) is 43.1 Å². The predicted molar refractivity (Wildman–Crippen MR) is 153 cm³/mol. The van der Waals surface area contributed by atoms with E-state index in [9.17, 15) is 24.0 Å². The predicted octanol–water partition coefficient (Wildman–Crippen LogP) is 3.38. The molecule has 220 valence electrons. The minimum atomic E-state index is -0.899. The van der Waals surface area contributed by atoms with Gasteiger partial charge in [0.2, 0.25) is 11.7 Å². The number of carbonyl (C=O) groups is 5. The van der Waals surface area contributed by atoms with Crippen LogP contribution in [0.25, 0.3) is 0 Å². The third kappa shape index (κ3) is 9.92. The first-order chi connectivity index (χ1) is 19.5. The van der Waals surface area contributed by atoms with Crippen LogP contribution in [0.2, 0.25) is 0 Å². The van der Waals surface area contributed by atoms with Crippen molar-refractivity contribution in [1.82, 2.24) is 15.6 Å². The molecule has 41 heavy (non-hydrogen) atoms. The molecule has 3 unspecified atom stereocenters. The molecule has 1 aliphatic rings. The van der Waals surface area contributed by atoms with Crippen LogP contribution in [0.1, 0.15) is 63.9 Å². The van der Waals surface area contributed by atoms with Crippen LogP contribution < -0.4 is 10.6 Å². The number of ether oxygens (including phenoxy) is 1. The van der Waals surface area contributed by atoms with E-state index in [0.29, 0.717) is 18.5 Å². The molecule has 3 atom stereocenters. The molecule has 2 heterocycles. The summed E-state index contributed by atoms with van der Waals surface area (Å²) < 4.78 is 5.39. The third-order valence-electron chi connectivity index (χ3n) is 7.21. The second-order valence-corrected chi connectivity index (χ2v) is 11.5. The summed E-state index contributed by atoms with van der Waals surface area (Å²) in [6.07, 6.45) is 0.685. The van der Waals surface area contributed by atoms with Gasteiger partial charge in [-0.05, 0) is 36.0 Å². The number of aromatic nitrogens is 1. The van der Waals surface area contributed by atoms with E-state index in [1.807, 2.05) is 70.2 Å². The number of ketones is 2. The van der Waals surface area contributed by atoms with Crippen molar-refractivity contribution in [2.75, 3.05) is 6.54 Å². The lowest BCUT2D eigenvalue weighted by molar-refractivity contribution is -0.149. The van der Waals surface area contributed by atoms with E-state index >= 15 is 0 Å². The largest absolute Gasteiger partial charge is 0.461 e. The molecule has 0 saturated heterocycles. The van der Waals surface area contributed by atoms with Crippen LogP contribution in [0.15, 0.2) is 48.5 Å². The van der Waals surface area contributed by atoms with Crippen molar-refractivity contribution in [3.8, 4) is 0 Å². The summed E-state index contributed by atoms with van der Waals surface area (Å²) in [5.74, 6) is -4.34. The van der Waals surface area contributed by atoms with Crippen LogP contribution in [-0.2, 0) is 48.2 Å². The van der Waals surface area contributed by atoms with Crippen molar-refractivity contribution in [2.45, 2.75) is 72.4 Å². The van der Waals surface area contributed by atoms with E-state index in [-0.39, 0.29) is 50.0 Å². The van der Waals surface area contributed by atoms with Crippen molar-refractivity contribution in [3.63, 3.8) is 0 Å². The quantitative estimate of drug-likeness (QED) is 0.299. The molecule has 0 saturated carbocycles. The lowest BCUT2D eigenvalue weighted by Gasteiger charge is -2.26. The molecule has 2 N–H and O–H groups in total. The lowest BCUT2D eigenvalue weighted by atomic mass is 9.86. The Morgan fingerprint density at radius 3 is 2.39 bits per heavy atom. The van der Waals surface area contributed by atoms with Gasteiger partial charge in [0.05, 0.1) is 18.4 Å². The van der Waals surface area contributed by atoms with Crippen molar-refractivity contribution in [1.29, 1.82) is 0 Å². The Labute approximate surface area is 241 Å². The van der Waals surface area contributed by atoms with E-state index in [2.05, 4.69) is 15.6 Å². The number of carbonyl (C=O) groups excluding carboxylic acids is 5. The molecule has 9 heteroatoms. The highest BCUT2D eigenvalue weighted by Crippen LogP contribution is 2.21. The summed E-state index contributed by atoms with van der Waals surface area (Å²) in [7, 11) is 0. The zero-order chi connectivity index (χ0) is 29.9. The molecule has 2 bridgehead atoms. The van der Waals surface area contributed by atoms with Gasteiger partial charge in [0.25, 0.3) is 5.91 Å². The van der Waals surface area contributed by atoms with Crippen LogP contribution >= 0.6 is 0 Å². The Hall–Kier alpha value is -3.88. The van der Waals surface area contributed by atoms with Gasteiger partial charge in [-0.15, -0.1) is 0 Å². The van der Waals surface area contributed by atoms with Gasteiger partial charge < -0.3 is 15.4 Å². The van der Waals surface area contributed by atoms with Gasteiger partial charge in [-0.1, -0.05) is 64.1 Å². The summed E-state index contributed by atoms with van der Waals surface area (Å²) >= 11 is 0. The zero-order valence-corrected chi connectivity index (χ0v) is 24.4. The van der Waals surface area contributed by atoms with Crippen molar-refractivity contribution in [3.05, 3.63) is 65.5 Å². The van der Waals surface area contributed by atoms with E-state index < -0.39 is 41.4 Å². The van der Waals surface area contributed by atoms with Crippen molar-refractivity contribution >= 4 is 29.4 Å². The van der Waals surface area contributed by atoms with Gasteiger partial charge in [0.1, 0.15) is 6.61 Å². The third-order valence-corrected chi connectivity index (χ3v) is 7.21. The van der Waals surface area contributed by atoms with Crippen LogP contribution in [0.5, 0.6) is 0 Å². The molecule has 0 fully saturated rings. The highest BCUT2D eigenvalue weighted by Gasteiger charge is 2.34. The number of hydrogen-bond acceptors (Lipinski definition) is 7. The van der Waals surface area contributed by atoms with Crippen LogP contribution in [0, 0.1) is 23.7 Å². The van der Waals surface area contributed by atoms with E-state index in [1.54, 1.807) is 6.07 Å². The zero-order valence-electron chi connectivity index (χ0n) is 24.4. The van der Waals surface area contributed by atoms with Gasteiger partial charge in [-0.25, -0.2) is 0 Å². The van der Waals surface area contributed by atoms with Crippen LogP contribution in [0.3, 0.4) is 0 Å². The Bertz CT molecular complexity index is 1230. The molecule has 1 aromatic heterocycles. The molecule has 0 aliphatic carbocycles. The molecule has 9 nitrogen and oxygen atoms in total. The monoisotopic (exact) mass is 563 g/mol. The van der Waals surface area contributed by atoms with Crippen LogP contribution in [-0.4, -0.2) is 46.9 Å². The number of esters is 1. The van der Waals surface area contributed by atoms with Gasteiger partial charge >= 0.3 is 5.97 Å². The summed E-state index contributed by atoms with van der Waals surface area (Å²) in [5, 5.41) is 5.48.